The van der Waals surface area contributed by atoms with E-state index in [1.165, 1.54) is 19.2 Å². The van der Waals surface area contributed by atoms with Crippen LogP contribution in [0.5, 0.6) is 5.75 Å². The first-order valence-electron chi connectivity index (χ1n) is 9.02. The van der Waals surface area contributed by atoms with Crippen LogP contribution >= 0.6 is 0 Å². The lowest BCUT2D eigenvalue weighted by molar-refractivity contribution is -0.385. The summed E-state index contributed by atoms with van der Waals surface area (Å²) < 4.78 is 6.75. The summed E-state index contributed by atoms with van der Waals surface area (Å²) >= 11 is 0. The second-order valence-electron chi connectivity index (χ2n) is 6.55. The lowest BCUT2D eigenvalue weighted by atomic mass is 10.0. The number of hydrogen-bond acceptors (Lipinski definition) is 6. The number of hydrazone groups is 1. The number of carbonyl (C=O) groups excluding carboxylic acids is 1. The molecule has 0 radical (unpaired) electrons. The number of carbonyl (C=O) groups is 1. The van der Waals surface area contributed by atoms with E-state index in [4.69, 9.17) is 4.74 Å². The minimum Gasteiger partial charge on any atom is -0.490 e. The maximum Gasteiger partial charge on any atom is 0.311 e. The number of benzene rings is 2. The van der Waals surface area contributed by atoms with Crippen LogP contribution in [-0.4, -0.2) is 33.4 Å². The van der Waals surface area contributed by atoms with Crippen LogP contribution in [0, 0.1) is 10.1 Å². The first-order valence-corrected chi connectivity index (χ1v) is 9.02. The van der Waals surface area contributed by atoms with Crippen molar-refractivity contribution in [2.75, 3.05) is 7.11 Å². The van der Waals surface area contributed by atoms with Crippen molar-refractivity contribution in [1.82, 2.24) is 15.2 Å². The average molecular weight is 403 g/mol. The Kier molecular flexibility index (Phi) is 4.85. The van der Waals surface area contributed by atoms with Crippen molar-refractivity contribution < 1.29 is 14.5 Å². The van der Waals surface area contributed by atoms with Gasteiger partial charge in [-0.15, -0.1) is 0 Å². The molecule has 150 valence electrons. The zero-order valence-electron chi connectivity index (χ0n) is 16.2. The molecule has 0 unspecified atom stereocenters. The summed E-state index contributed by atoms with van der Waals surface area (Å²) in [6.45, 7) is 1.73. The molecule has 0 atom stereocenters. The van der Waals surface area contributed by atoms with Crippen LogP contribution in [0.25, 0.3) is 23.0 Å². The normalized spacial score (nSPS) is 14.5. The van der Waals surface area contributed by atoms with Crippen LogP contribution in [0.3, 0.4) is 0 Å². The van der Waals surface area contributed by atoms with E-state index in [1.807, 2.05) is 30.3 Å². The van der Waals surface area contributed by atoms with E-state index in [0.717, 1.165) is 5.69 Å². The Hall–Kier alpha value is -4.27. The second kappa shape index (κ2) is 7.63. The Morgan fingerprint density at radius 2 is 1.97 bits per heavy atom. The highest BCUT2D eigenvalue weighted by Gasteiger charge is 2.22. The lowest BCUT2D eigenvalue weighted by Crippen LogP contribution is -2.12. The highest BCUT2D eigenvalue weighted by Crippen LogP contribution is 2.34. The molecule has 0 saturated carbocycles. The fourth-order valence-electron chi connectivity index (χ4n) is 3.16. The quantitative estimate of drug-likeness (QED) is 0.399. The lowest BCUT2D eigenvalue weighted by Gasteiger charge is -2.05. The highest BCUT2D eigenvalue weighted by atomic mass is 16.6. The van der Waals surface area contributed by atoms with Gasteiger partial charge in [-0.05, 0) is 37.3 Å². The molecule has 0 bridgehead atoms. The van der Waals surface area contributed by atoms with Gasteiger partial charge in [-0.2, -0.15) is 10.2 Å². The third-order valence-corrected chi connectivity index (χ3v) is 4.67. The molecular formula is C21H17N5O4. The van der Waals surface area contributed by atoms with Gasteiger partial charge in [0.15, 0.2) is 5.75 Å². The molecule has 3 aromatic rings. The molecule has 30 heavy (non-hydrogen) atoms. The van der Waals surface area contributed by atoms with Gasteiger partial charge in [0.2, 0.25) is 0 Å². The number of methoxy groups -OCH3 is 1. The molecule has 0 aliphatic carbocycles. The summed E-state index contributed by atoms with van der Waals surface area (Å²) in [6.07, 6.45) is 3.45. The number of para-hydroxylation sites is 1. The van der Waals surface area contributed by atoms with Crippen molar-refractivity contribution in [3.63, 3.8) is 0 Å². The smallest absolute Gasteiger partial charge is 0.311 e. The average Bonchev–Trinajstić information content (AvgIpc) is 3.32. The van der Waals surface area contributed by atoms with Gasteiger partial charge in [-0.1, -0.05) is 18.2 Å². The Morgan fingerprint density at radius 1 is 1.20 bits per heavy atom. The van der Waals surface area contributed by atoms with E-state index >= 15 is 0 Å². The number of ether oxygens (including phenoxy) is 1. The van der Waals surface area contributed by atoms with Gasteiger partial charge in [0, 0.05) is 23.4 Å². The SMILES string of the molecule is COc1ccc(-c2nn(-c3ccccc3)cc2C=C2C(=O)NN=C2C)cc1[N+](=O)[O-]. The Balaban J connectivity index is 1.90. The first kappa shape index (κ1) is 19.1. The third-order valence-electron chi connectivity index (χ3n) is 4.67. The molecule has 1 aliphatic rings. The topological polar surface area (TPSA) is 112 Å². The van der Waals surface area contributed by atoms with Crippen molar-refractivity contribution in [3.8, 4) is 22.7 Å². The van der Waals surface area contributed by atoms with E-state index < -0.39 is 4.92 Å². The molecule has 4 rings (SSSR count). The van der Waals surface area contributed by atoms with Crippen molar-refractivity contribution in [3.05, 3.63) is 76.0 Å². The van der Waals surface area contributed by atoms with Gasteiger partial charge in [0.1, 0.15) is 5.69 Å². The number of amides is 1. The maximum absolute atomic E-state index is 12.1. The monoisotopic (exact) mass is 403 g/mol. The number of nitrogens with zero attached hydrogens (tertiary/aromatic N) is 4. The molecule has 1 aromatic heterocycles. The summed E-state index contributed by atoms with van der Waals surface area (Å²) in [4.78, 5) is 23.1. The first-order chi connectivity index (χ1) is 14.5. The Labute approximate surface area is 171 Å². The zero-order chi connectivity index (χ0) is 21.3. The number of nitro benzene ring substituents is 1. The number of nitro groups is 1. The molecule has 0 spiro atoms. The predicted octanol–water partition coefficient (Wildman–Crippen LogP) is 3.35. The standard InChI is InChI=1S/C21H17N5O4/c1-13-17(21(27)23-22-13)10-15-12-25(16-6-4-3-5-7-16)24-20(15)14-8-9-19(30-2)18(11-14)26(28)29/h3-12H,1-2H3,(H,23,27). The van der Waals surface area contributed by atoms with Crippen LogP contribution in [0.2, 0.25) is 0 Å². The number of nitrogens with one attached hydrogen (secondary N) is 1. The molecule has 2 heterocycles. The number of aromatic nitrogens is 2. The zero-order valence-corrected chi connectivity index (χ0v) is 16.2. The fourth-order valence-corrected chi connectivity index (χ4v) is 3.16. The number of rotatable bonds is 5. The minimum absolute atomic E-state index is 0.157. The molecule has 0 saturated heterocycles. The molecule has 1 aliphatic heterocycles. The van der Waals surface area contributed by atoms with Gasteiger partial charge in [0.25, 0.3) is 5.91 Å². The van der Waals surface area contributed by atoms with Crippen LogP contribution < -0.4 is 10.2 Å². The van der Waals surface area contributed by atoms with E-state index in [0.29, 0.717) is 28.1 Å². The molecule has 9 nitrogen and oxygen atoms in total. The fraction of sp³-hybridized carbons (Fsp3) is 0.0952. The predicted molar refractivity (Wildman–Crippen MR) is 111 cm³/mol. The van der Waals surface area contributed by atoms with Crippen molar-refractivity contribution in [1.29, 1.82) is 0 Å². The molecule has 1 amide bonds. The molecular weight excluding hydrogens is 386 g/mol. The molecule has 9 heteroatoms. The van der Waals surface area contributed by atoms with E-state index in [-0.39, 0.29) is 17.3 Å². The summed E-state index contributed by atoms with van der Waals surface area (Å²) in [5.74, 6) is -0.157. The largest absolute Gasteiger partial charge is 0.490 e. The Morgan fingerprint density at radius 3 is 2.60 bits per heavy atom. The van der Waals surface area contributed by atoms with Gasteiger partial charge in [0.05, 0.1) is 29.0 Å². The molecule has 1 N–H and O–H groups in total. The molecule has 2 aromatic carbocycles. The second-order valence-corrected chi connectivity index (χ2v) is 6.55. The maximum atomic E-state index is 12.1. The van der Waals surface area contributed by atoms with Crippen LogP contribution in [0.4, 0.5) is 5.69 Å². The minimum atomic E-state index is -0.504. The van der Waals surface area contributed by atoms with Crippen LogP contribution in [0.1, 0.15) is 12.5 Å². The van der Waals surface area contributed by atoms with Crippen molar-refractivity contribution in [2.24, 2.45) is 5.10 Å². The van der Waals surface area contributed by atoms with Crippen LogP contribution in [-0.2, 0) is 4.79 Å². The molecule has 0 fully saturated rings. The summed E-state index contributed by atoms with van der Waals surface area (Å²) in [5, 5.41) is 20.0. The van der Waals surface area contributed by atoms with Gasteiger partial charge in [-0.3, -0.25) is 14.9 Å². The van der Waals surface area contributed by atoms with Crippen molar-refractivity contribution >= 4 is 23.4 Å². The third kappa shape index (κ3) is 3.44. The van der Waals surface area contributed by atoms with E-state index in [9.17, 15) is 14.9 Å². The van der Waals surface area contributed by atoms with Crippen molar-refractivity contribution in [2.45, 2.75) is 6.92 Å². The van der Waals surface area contributed by atoms with Gasteiger partial charge in [-0.25, -0.2) is 10.1 Å². The number of hydrogen-bond donors (Lipinski definition) is 1. The van der Waals surface area contributed by atoms with Crippen LogP contribution in [0.15, 0.2) is 65.4 Å². The van der Waals surface area contributed by atoms with E-state index in [1.54, 1.807) is 29.9 Å². The van der Waals surface area contributed by atoms with Gasteiger partial charge < -0.3 is 4.74 Å². The van der Waals surface area contributed by atoms with E-state index in [2.05, 4.69) is 15.6 Å². The van der Waals surface area contributed by atoms with Gasteiger partial charge >= 0.3 is 5.69 Å². The summed E-state index contributed by atoms with van der Waals surface area (Å²) in [6, 6.07) is 14.1. The Bertz CT molecular complexity index is 1210. The highest BCUT2D eigenvalue weighted by molar-refractivity contribution is 6.26. The summed E-state index contributed by atoms with van der Waals surface area (Å²) in [5.41, 5.74) is 5.67. The summed E-state index contributed by atoms with van der Waals surface area (Å²) in [7, 11) is 1.38.